The lowest BCUT2D eigenvalue weighted by atomic mass is 10.1. The van der Waals surface area contributed by atoms with E-state index in [1.165, 1.54) is 0 Å². The Balaban J connectivity index is 2.17. The minimum absolute atomic E-state index is 0.0121. The molecule has 1 N–H and O–H groups in total. The van der Waals surface area contributed by atoms with E-state index in [0.717, 1.165) is 23.1 Å². The Morgan fingerprint density at radius 2 is 1.73 bits per heavy atom. The normalized spacial score (nSPS) is 11.7. The van der Waals surface area contributed by atoms with Gasteiger partial charge < -0.3 is 10.2 Å². The summed E-state index contributed by atoms with van der Waals surface area (Å²) >= 11 is 0. The number of carbonyl (C=O) groups is 2. The quantitative estimate of drug-likeness (QED) is 0.793. The van der Waals surface area contributed by atoms with Crippen molar-refractivity contribution in [3.8, 4) is 0 Å². The zero-order chi connectivity index (χ0) is 18.9. The molecule has 0 saturated heterocycles. The van der Waals surface area contributed by atoms with Crippen LogP contribution in [0.25, 0.3) is 0 Å². The largest absolute Gasteiger partial charge is 0.357 e. The van der Waals surface area contributed by atoms with Crippen LogP contribution in [0.1, 0.15) is 30.0 Å². The van der Waals surface area contributed by atoms with E-state index in [9.17, 15) is 9.59 Å². The van der Waals surface area contributed by atoms with Crippen molar-refractivity contribution >= 4 is 11.8 Å². The molecular formula is C22H28N2O2. The predicted molar refractivity (Wildman–Crippen MR) is 105 cm³/mol. The molecule has 0 heterocycles. The summed E-state index contributed by atoms with van der Waals surface area (Å²) in [5.74, 6) is -0.125. The Bertz CT molecular complexity index is 728. The van der Waals surface area contributed by atoms with Gasteiger partial charge in [0.2, 0.25) is 11.8 Å². The van der Waals surface area contributed by atoms with E-state index in [0.29, 0.717) is 19.4 Å². The molecule has 0 spiro atoms. The van der Waals surface area contributed by atoms with Gasteiger partial charge in [-0.05, 0) is 30.9 Å². The average molecular weight is 352 g/mol. The van der Waals surface area contributed by atoms with Crippen molar-refractivity contribution in [1.29, 1.82) is 0 Å². The molecule has 2 aromatic rings. The molecule has 4 nitrogen and oxygen atoms in total. The van der Waals surface area contributed by atoms with Crippen LogP contribution >= 0.6 is 0 Å². The molecule has 4 heteroatoms. The number of nitrogens with zero attached hydrogens (tertiary/aromatic N) is 1. The molecule has 0 aliphatic heterocycles. The van der Waals surface area contributed by atoms with Gasteiger partial charge in [0.05, 0.1) is 6.42 Å². The highest BCUT2D eigenvalue weighted by atomic mass is 16.2. The van der Waals surface area contributed by atoms with Crippen LogP contribution in [0.5, 0.6) is 0 Å². The van der Waals surface area contributed by atoms with Crippen molar-refractivity contribution < 1.29 is 9.59 Å². The number of amides is 2. The number of likely N-dealkylation sites (N-methyl/N-ethyl adjacent to an activating group) is 1. The minimum atomic E-state index is -0.443. The van der Waals surface area contributed by atoms with E-state index < -0.39 is 6.04 Å². The van der Waals surface area contributed by atoms with Gasteiger partial charge in [-0.25, -0.2) is 0 Å². The molecular weight excluding hydrogens is 324 g/mol. The highest BCUT2D eigenvalue weighted by Gasteiger charge is 2.27. The molecule has 26 heavy (non-hydrogen) atoms. The third-order valence-corrected chi connectivity index (χ3v) is 4.55. The highest BCUT2D eigenvalue weighted by molar-refractivity contribution is 5.88. The number of rotatable bonds is 8. The lowest BCUT2D eigenvalue weighted by Crippen LogP contribution is -2.49. The van der Waals surface area contributed by atoms with Gasteiger partial charge >= 0.3 is 0 Å². The average Bonchev–Trinajstić information content (AvgIpc) is 2.65. The fourth-order valence-corrected chi connectivity index (χ4v) is 3.16. The van der Waals surface area contributed by atoms with Gasteiger partial charge in [0.25, 0.3) is 0 Å². The summed E-state index contributed by atoms with van der Waals surface area (Å²) in [5.41, 5.74) is 3.27. The topological polar surface area (TPSA) is 49.4 Å². The van der Waals surface area contributed by atoms with Crippen molar-refractivity contribution in [1.82, 2.24) is 10.2 Å². The number of hydrogen-bond acceptors (Lipinski definition) is 2. The molecule has 2 rings (SSSR count). The van der Waals surface area contributed by atoms with E-state index in [2.05, 4.69) is 5.32 Å². The number of aryl methyl sites for hydroxylation is 1. The first kappa shape index (κ1) is 19.7. The summed E-state index contributed by atoms with van der Waals surface area (Å²) in [6.07, 6.45) is 1.63. The Kier molecular flexibility index (Phi) is 7.39. The van der Waals surface area contributed by atoms with Gasteiger partial charge in [-0.2, -0.15) is 0 Å². The third kappa shape index (κ3) is 5.45. The van der Waals surface area contributed by atoms with Crippen LogP contribution in [-0.4, -0.2) is 36.3 Å². The minimum Gasteiger partial charge on any atom is -0.357 e. The molecule has 0 unspecified atom stereocenters. The molecule has 2 amide bonds. The van der Waals surface area contributed by atoms with E-state index >= 15 is 0 Å². The monoisotopic (exact) mass is 352 g/mol. The van der Waals surface area contributed by atoms with Gasteiger partial charge in [0.1, 0.15) is 6.04 Å². The van der Waals surface area contributed by atoms with Gasteiger partial charge in [0.15, 0.2) is 0 Å². The predicted octanol–water partition coefficient (Wildman–Crippen LogP) is 3.13. The lowest BCUT2D eigenvalue weighted by Gasteiger charge is -2.30. The smallest absolute Gasteiger partial charge is 0.242 e. The molecule has 0 aliphatic rings. The van der Waals surface area contributed by atoms with Gasteiger partial charge in [-0.1, -0.05) is 67.1 Å². The first-order valence-corrected chi connectivity index (χ1v) is 9.15. The summed E-state index contributed by atoms with van der Waals surface area (Å²) in [6, 6.07) is 17.6. The summed E-state index contributed by atoms with van der Waals surface area (Å²) in [5, 5.41) is 2.69. The summed E-state index contributed by atoms with van der Waals surface area (Å²) in [7, 11) is 1.62. The molecule has 0 bridgehead atoms. The van der Waals surface area contributed by atoms with Crippen LogP contribution in [0.4, 0.5) is 0 Å². The lowest BCUT2D eigenvalue weighted by molar-refractivity contribution is -0.140. The molecule has 0 aliphatic carbocycles. The maximum absolute atomic E-state index is 13.0. The Hall–Kier alpha value is -2.62. The third-order valence-electron chi connectivity index (χ3n) is 4.55. The first-order chi connectivity index (χ1) is 12.5. The fourth-order valence-electron chi connectivity index (χ4n) is 3.16. The van der Waals surface area contributed by atoms with Crippen molar-refractivity contribution in [3.63, 3.8) is 0 Å². The summed E-state index contributed by atoms with van der Waals surface area (Å²) < 4.78 is 0. The Labute approximate surface area is 156 Å². The number of carbonyl (C=O) groups excluding carboxylic acids is 2. The van der Waals surface area contributed by atoms with Crippen molar-refractivity contribution in [2.75, 3.05) is 13.6 Å². The molecule has 0 aromatic heterocycles. The van der Waals surface area contributed by atoms with E-state index in [-0.39, 0.29) is 11.8 Å². The molecule has 0 fully saturated rings. The first-order valence-electron chi connectivity index (χ1n) is 9.15. The van der Waals surface area contributed by atoms with Crippen LogP contribution in [-0.2, 0) is 22.4 Å². The SMILES string of the molecule is CC[C@H](C(=O)NC)N(CCc1ccccc1)C(=O)Cc1cccc(C)c1. The molecule has 138 valence electrons. The van der Waals surface area contributed by atoms with Crippen LogP contribution in [0.2, 0.25) is 0 Å². The van der Waals surface area contributed by atoms with Crippen LogP contribution in [0, 0.1) is 6.92 Å². The maximum Gasteiger partial charge on any atom is 0.242 e. The zero-order valence-electron chi connectivity index (χ0n) is 15.9. The van der Waals surface area contributed by atoms with Crippen molar-refractivity contribution in [3.05, 3.63) is 71.3 Å². The van der Waals surface area contributed by atoms with Crippen LogP contribution in [0.15, 0.2) is 54.6 Å². The van der Waals surface area contributed by atoms with Gasteiger partial charge in [-0.3, -0.25) is 9.59 Å². The van der Waals surface area contributed by atoms with Crippen LogP contribution < -0.4 is 5.32 Å². The number of hydrogen-bond donors (Lipinski definition) is 1. The molecule has 0 saturated carbocycles. The fraction of sp³-hybridized carbons (Fsp3) is 0.364. The van der Waals surface area contributed by atoms with Crippen LogP contribution in [0.3, 0.4) is 0 Å². The molecule has 2 aromatic carbocycles. The van der Waals surface area contributed by atoms with Gasteiger partial charge in [-0.15, -0.1) is 0 Å². The summed E-state index contributed by atoms with van der Waals surface area (Å²) in [6.45, 7) is 4.48. The Morgan fingerprint density at radius 1 is 1.04 bits per heavy atom. The second kappa shape index (κ2) is 9.76. The molecule has 0 radical (unpaired) electrons. The van der Waals surface area contributed by atoms with Gasteiger partial charge in [0, 0.05) is 13.6 Å². The maximum atomic E-state index is 13.0. The zero-order valence-corrected chi connectivity index (χ0v) is 15.9. The van der Waals surface area contributed by atoms with E-state index in [4.69, 9.17) is 0 Å². The van der Waals surface area contributed by atoms with Crippen molar-refractivity contribution in [2.45, 2.75) is 39.2 Å². The van der Waals surface area contributed by atoms with E-state index in [1.807, 2.05) is 68.4 Å². The number of nitrogens with one attached hydrogen (secondary N) is 1. The molecule has 1 atom stereocenters. The highest BCUT2D eigenvalue weighted by Crippen LogP contribution is 2.13. The van der Waals surface area contributed by atoms with E-state index in [1.54, 1.807) is 11.9 Å². The standard InChI is InChI=1S/C22H28N2O2/c1-4-20(22(26)23-3)24(14-13-18-10-6-5-7-11-18)21(25)16-19-12-8-9-17(2)15-19/h5-12,15,20H,4,13-14,16H2,1-3H3,(H,23,26)/t20-/m1/s1. The second-order valence-corrected chi connectivity index (χ2v) is 6.53. The second-order valence-electron chi connectivity index (χ2n) is 6.53. The summed E-state index contributed by atoms with van der Waals surface area (Å²) in [4.78, 5) is 27.0. The number of benzene rings is 2. The van der Waals surface area contributed by atoms with Crippen molar-refractivity contribution in [2.24, 2.45) is 0 Å². The Morgan fingerprint density at radius 3 is 2.35 bits per heavy atom.